The van der Waals surface area contributed by atoms with E-state index in [2.05, 4.69) is 10.3 Å². The zero-order valence-electron chi connectivity index (χ0n) is 11.5. The van der Waals surface area contributed by atoms with Crippen molar-refractivity contribution in [3.8, 4) is 0 Å². The Morgan fingerprint density at radius 2 is 2.05 bits per heavy atom. The molecule has 9 heteroatoms. The first-order valence-electron chi connectivity index (χ1n) is 6.81. The second kappa shape index (κ2) is 6.64. The highest BCUT2D eigenvalue weighted by molar-refractivity contribution is 7.09. The Kier molecular flexibility index (Phi) is 5.05. The first-order valence-corrected chi connectivity index (χ1v) is 7.69. The van der Waals surface area contributed by atoms with Gasteiger partial charge in [-0.05, 0) is 12.8 Å². The number of carboxylic acid groups (broad SMARTS) is 1. The van der Waals surface area contributed by atoms with Crippen LogP contribution in [0.5, 0.6) is 0 Å². The minimum absolute atomic E-state index is 0.0258. The van der Waals surface area contributed by atoms with Gasteiger partial charge in [-0.15, -0.1) is 11.3 Å². The number of nitrogens with one attached hydrogen (secondary N) is 1. The third-order valence-electron chi connectivity index (χ3n) is 3.71. The lowest BCUT2D eigenvalue weighted by Gasteiger charge is -2.31. The molecule has 1 aliphatic carbocycles. The van der Waals surface area contributed by atoms with Crippen molar-refractivity contribution in [2.75, 3.05) is 0 Å². The molecule has 1 aromatic rings. The van der Waals surface area contributed by atoms with Crippen molar-refractivity contribution in [3.05, 3.63) is 16.1 Å². The molecule has 1 heterocycles. The first-order chi connectivity index (χ1) is 10.3. The summed E-state index contributed by atoms with van der Waals surface area (Å²) in [6, 6.07) is 0. The van der Waals surface area contributed by atoms with E-state index < -0.39 is 29.9 Å². The Hall–Kier alpha value is -1.64. The van der Waals surface area contributed by atoms with E-state index in [4.69, 9.17) is 5.11 Å². The first kappa shape index (κ1) is 16.7. The molecule has 0 saturated heterocycles. The molecule has 0 radical (unpaired) electrons. The molecule has 0 bridgehead atoms. The fraction of sp³-hybridized carbons (Fsp3) is 0.615. The van der Waals surface area contributed by atoms with Crippen molar-refractivity contribution < 1.29 is 27.9 Å². The van der Waals surface area contributed by atoms with E-state index in [0.29, 0.717) is 17.8 Å². The number of hydrogen-bond acceptors (Lipinski definition) is 4. The van der Waals surface area contributed by atoms with E-state index in [1.807, 2.05) is 0 Å². The summed E-state index contributed by atoms with van der Waals surface area (Å²) in [4.78, 5) is 26.5. The van der Waals surface area contributed by atoms with Gasteiger partial charge in [0.05, 0.1) is 12.5 Å². The number of carboxylic acids is 1. The summed E-state index contributed by atoms with van der Waals surface area (Å²) in [5.74, 6) is -4.51. The van der Waals surface area contributed by atoms with Crippen molar-refractivity contribution in [3.63, 3.8) is 0 Å². The molecule has 0 spiro atoms. The van der Waals surface area contributed by atoms with Crippen LogP contribution in [0.4, 0.5) is 13.2 Å². The molecule has 22 heavy (non-hydrogen) atoms. The second-order valence-electron chi connectivity index (χ2n) is 5.19. The van der Waals surface area contributed by atoms with E-state index >= 15 is 0 Å². The van der Waals surface area contributed by atoms with Gasteiger partial charge in [0.25, 0.3) is 0 Å². The summed E-state index contributed by atoms with van der Waals surface area (Å²) in [5.41, 5.74) is -0.139. The van der Waals surface area contributed by atoms with Gasteiger partial charge in [-0.25, -0.2) is 9.78 Å². The van der Waals surface area contributed by atoms with Crippen LogP contribution < -0.4 is 5.32 Å². The molecule has 2 N–H and O–H groups in total. The summed E-state index contributed by atoms with van der Waals surface area (Å²) < 4.78 is 38.9. The number of rotatable bonds is 4. The summed E-state index contributed by atoms with van der Waals surface area (Å²) in [5, 5.41) is 12.8. The van der Waals surface area contributed by atoms with Crippen LogP contribution in [-0.2, 0) is 11.3 Å². The lowest BCUT2D eigenvalue weighted by molar-refractivity contribution is -0.198. The number of aromatic carboxylic acids is 1. The number of aromatic nitrogens is 1. The van der Waals surface area contributed by atoms with Crippen LogP contribution in [0.1, 0.15) is 41.2 Å². The van der Waals surface area contributed by atoms with E-state index in [9.17, 15) is 22.8 Å². The number of halogens is 3. The number of carbonyl (C=O) groups is 2. The maximum Gasteiger partial charge on any atom is 0.392 e. The van der Waals surface area contributed by atoms with Crippen LogP contribution in [0.2, 0.25) is 0 Å². The van der Waals surface area contributed by atoms with Crippen molar-refractivity contribution in [2.24, 2.45) is 11.8 Å². The minimum atomic E-state index is -4.37. The fourth-order valence-corrected chi connectivity index (χ4v) is 3.33. The lowest BCUT2D eigenvalue weighted by atomic mass is 9.78. The summed E-state index contributed by atoms with van der Waals surface area (Å²) in [6.45, 7) is -0.0577. The Balaban J connectivity index is 1.96. The molecule has 5 nitrogen and oxygen atoms in total. The largest absolute Gasteiger partial charge is 0.476 e. The van der Waals surface area contributed by atoms with Crippen LogP contribution in [0.3, 0.4) is 0 Å². The Bertz CT molecular complexity index is 559. The van der Waals surface area contributed by atoms with E-state index in [-0.39, 0.29) is 25.1 Å². The molecule has 1 aliphatic rings. The van der Waals surface area contributed by atoms with Crippen LogP contribution in [0.15, 0.2) is 5.38 Å². The molecule has 2 atom stereocenters. The summed E-state index contributed by atoms with van der Waals surface area (Å²) in [6.07, 6.45) is -3.11. The average molecular weight is 336 g/mol. The van der Waals surface area contributed by atoms with Crippen LogP contribution in [-0.4, -0.2) is 28.1 Å². The van der Waals surface area contributed by atoms with Crippen LogP contribution in [0, 0.1) is 11.8 Å². The third-order valence-corrected chi connectivity index (χ3v) is 4.56. The number of amides is 1. The smallest absolute Gasteiger partial charge is 0.392 e. The molecule has 1 fully saturated rings. The number of carbonyl (C=O) groups excluding carboxylic acids is 1. The van der Waals surface area contributed by atoms with Crippen LogP contribution in [0.25, 0.3) is 0 Å². The maximum absolute atomic E-state index is 13.0. The number of hydrogen-bond donors (Lipinski definition) is 2. The predicted octanol–water partition coefficient (Wildman–Crippen LogP) is 2.83. The van der Waals surface area contributed by atoms with Crippen molar-refractivity contribution >= 4 is 23.2 Å². The third kappa shape index (κ3) is 3.96. The summed E-state index contributed by atoms with van der Waals surface area (Å²) in [7, 11) is 0. The standard InChI is InChI=1S/C13H15F3N2O3S/c14-13(15,16)8-4-2-1-3-7(8)11(19)17-5-10-18-9(6-22-10)12(20)21/h6-8H,1-5H2,(H,17,19)(H,20,21). The Labute approximate surface area is 128 Å². The fourth-order valence-electron chi connectivity index (χ4n) is 2.62. The van der Waals surface area contributed by atoms with Gasteiger partial charge < -0.3 is 10.4 Å². The van der Waals surface area contributed by atoms with Gasteiger partial charge in [0.1, 0.15) is 5.01 Å². The molecule has 0 aromatic carbocycles. The second-order valence-corrected chi connectivity index (χ2v) is 6.13. The monoisotopic (exact) mass is 336 g/mol. The van der Waals surface area contributed by atoms with Gasteiger partial charge in [0, 0.05) is 11.3 Å². The quantitative estimate of drug-likeness (QED) is 0.886. The molecule has 0 aliphatic heterocycles. The average Bonchev–Trinajstić information content (AvgIpc) is 2.93. The highest BCUT2D eigenvalue weighted by atomic mass is 32.1. The Morgan fingerprint density at radius 1 is 1.36 bits per heavy atom. The molecule has 1 aromatic heterocycles. The summed E-state index contributed by atoms with van der Waals surface area (Å²) >= 11 is 1.04. The van der Waals surface area contributed by atoms with Gasteiger partial charge in [-0.1, -0.05) is 12.8 Å². The van der Waals surface area contributed by atoms with Gasteiger partial charge in [-0.3, -0.25) is 4.79 Å². The van der Waals surface area contributed by atoms with Gasteiger partial charge in [0.15, 0.2) is 5.69 Å². The van der Waals surface area contributed by atoms with Gasteiger partial charge in [-0.2, -0.15) is 13.2 Å². The Morgan fingerprint density at radius 3 is 2.64 bits per heavy atom. The molecule has 2 rings (SSSR count). The van der Waals surface area contributed by atoms with E-state index in [0.717, 1.165) is 11.3 Å². The number of alkyl halides is 3. The zero-order chi connectivity index (χ0) is 16.3. The van der Waals surface area contributed by atoms with E-state index in [1.54, 1.807) is 0 Å². The maximum atomic E-state index is 13.0. The van der Waals surface area contributed by atoms with Crippen molar-refractivity contribution in [2.45, 2.75) is 38.4 Å². The number of nitrogens with zero attached hydrogens (tertiary/aromatic N) is 1. The molecular formula is C13H15F3N2O3S. The molecular weight excluding hydrogens is 321 g/mol. The van der Waals surface area contributed by atoms with Gasteiger partial charge >= 0.3 is 12.1 Å². The highest BCUT2D eigenvalue weighted by Crippen LogP contribution is 2.41. The van der Waals surface area contributed by atoms with E-state index in [1.165, 1.54) is 5.38 Å². The van der Waals surface area contributed by atoms with Crippen molar-refractivity contribution in [1.29, 1.82) is 0 Å². The zero-order valence-corrected chi connectivity index (χ0v) is 12.3. The SMILES string of the molecule is O=C(O)c1csc(CNC(=O)C2CCCCC2C(F)(F)F)n1. The molecule has 2 unspecified atom stereocenters. The topological polar surface area (TPSA) is 79.3 Å². The lowest BCUT2D eigenvalue weighted by Crippen LogP contribution is -2.42. The minimum Gasteiger partial charge on any atom is -0.476 e. The molecule has 122 valence electrons. The normalized spacial score (nSPS) is 22.3. The molecule has 1 saturated carbocycles. The van der Waals surface area contributed by atoms with Gasteiger partial charge in [0.2, 0.25) is 5.91 Å². The number of thiazole rings is 1. The van der Waals surface area contributed by atoms with Crippen molar-refractivity contribution in [1.82, 2.24) is 10.3 Å². The predicted molar refractivity (Wildman–Crippen MR) is 72.4 cm³/mol. The molecule has 1 amide bonds. The highest BCUT2D eigenvalue weighted by Gasteiger charge is 2.47. The van der Waals surface area contributed by atoms with Crippen LogP contribution >= 0.6 is 11.3 Å².